The first-order valence-electron chi connectivity index (χ1n) is 9.66. The molecule has 0 saturated carbocycles. The van der Waals surface area contributed by atoms with Crippen molar-refractivity contribution < 1.29 is 39.1 Å². The minimum Gasteiger partial charge on any atom is -0.480 e. The Bertz CT molecular complexity index is 797. The molecule has 1 rings (SSSR count). The standard InChI is InChI=1S/C19H29BN2O9/c1-18(2,30-8-6-19(3,4)31-12-16(23)24)5-7-21-17(25)13-9-14(20(26)27)11-15(10-13)22(28)29/h9-11,26-27H,5-8,12H2,1-4H3,(H,21,25)(H,23,24). The van der Waals surface area contributed by atoms with Gasteiger partial charge in [-0.2, -0.15) is 0 Å². The third-order valence-electron chi connectivity index (χ3n) is 4.51. The minimum atomic E-state index is -1.94. The van der Waals surface area contributed by atoms with Gasteiger partial charge in [-0.15, -0.1) is 0 Å². The van der Waals surface area contributed by atoms with Crippen LogP contribution in [0.2, 0.25) is 0 Å². The fourth-order valence-electron chi connectivity index (χ4n) is 2.57. The summed E-state index contributed by atoms with van der Waals surface area (Å²) >= 11 is 0. The van der Waals surface area contributed by atoms with Gasteiger partial charge in [-0.25, -0.2) is 4.79 Å². The van der Waals surface area contributed by atoms with E-state index in [1.165, 1.54) is 6.07 Å². The molecule has 0 aliphatic heterocycles. The van der Waals surface area contributed by atoms with Crippen molar-refractivity contribution in [2.75, 3.05) is 19.8 Å². The van der Waals surface area contributed by atoms with Gasteiger partial charge in [-0.1, -0.05) is 0 Å². The van der Waals surface area contributed by atoms with Crippen LogP contribution in [0, 0.1) is 10.1 Å². The molecular weight excluding hydrogens is 411 g/mol. The molecule has 12 heteroatoms. The smallest absolute Gasteiger partial charge is 0.480 e. The molecule has 4 N–H and O–H groups in total. The second-order valence-electron chi connectivity index (χ2n) is 8.25. The average Bonchev–Trinajstić information content (AvgIpc) is 2.65. The molecule has 31 heavy (non-hydrogen) atoms. The van der Waals surface area contributed by atoms with E-state index in [1.807, 2.05) is 13.8 Å². The van der Waals surface area contributed by atoms with Crippen LogP contribution in [0.25, 0.3) is 0 Å². The maximum Gasteiger partial charge on any atom is 0.488 e. The highest BCUT2D eigenvalue weighted by Crippen LogP contribution is 2.19. The summed E-state index contributed by atoms with van der Waals surface area (Å²) in [7, 11) is -1.94. The number of benzene rings is 1. The number of carboxylic acids is 1. The molecule has 11 nitrogen and oxygen atoms in total. The van der Waals surface area contributed by atoms with Gasteiger partial charge in [0.1, 0.15) is 6.61 Å². The van der Waals surface area contributed by atoms with Gasteiger partial charge in [-0.05, 0) is 52.1 Å². The number of hydrogen-bond donors (Lipinski definition) is 4. The summed E-state index contributed by atoms with van der Waals surface area (Å²) in [6.45, 7) is 7.33. The first kappa shape index (κ1) is 26.5. The molecule has 0 bridgehead atoms. The minimum absolute atomic E-state index is 0.0617. The van der Waals surface area contributed by atoms with Crippen LogP contribution in [-0.2, 0) is 14.3 Å². The number of nitro benzene ring substituents is 1. The Balaban J connectivity index is 2.57. The molecule has 0 spiro atoms. The van der Waals surface area contributed by atoms with E-state index >= 15 is 0 Å². The Hall–Kier alpha value is -2.54. The van der Waals surface area contributed by atoms with E-state index in [0.717, 1.165) is 12.1 Å². The van der Waals surface area contributed by atoms with Crippen molar-refractivity contribution in [2.45, 2.75) is 51.7 Å². The highest BCUT2D eigenvalue weighted by molar-refractivity contribution is 6.58. The van der Waals surface area contributed by atoms with Gasteiger partial charge in [-0.3, -0.25) is 14.9 Å². The summed E-state index contributed by atoms with van der Waals surface area (Å²) in [6.07, 6.45) is 0.898. The highest BCUT2D eigenvalue weighted by Gasteiger charge is 2.24. The molecule has 0 radical (unpaired) electrons. The van der Waals surface area contributed by atoms with E-state index < -0.39 is 47.4 Å². The van der Waals surface area contributed by atoms with E-state index in [4.69, 9.17) is 14.6 Å². The van der Waals surface area contributed by atoms with Crippen molar-refractivity contribution in [3.05, 3.63) is 33.9 Å². The monoisotopic (exact) mass is 440 g/mol. The number of non-ortho nitro benzene ring substituents is 1. The number of hydrogen-bond acceptors (Lipinski definition) is 8. The number of carbonyl (C=O) groups is 2. The third-order valence-corrected chi connectivity index (χ3v) is 4.51. The molecule has 172 valence electrons. The second kappa shape index (κ2) is 11.2. The molecule has 0 aliphatic carbocycles. The van der Waals surface area contributed by atoms with Crippen molar-refractivity contribution in [2.24, 2.45) is 0 Å². The third kappa shape index (κ3) is 9.88. The van der Waals surface area contributed by atoms with Crippen molar-refractivity contribution >= 4 is 30.1 Å². The van der Waals surface area contributed by atoms with Crippen molar-refractivity contribution in [1.29, 1.82) is 0 Å². The van der Waals surface area contributed by atoms with Gasteiger partial charge in [0.25, 0.3) is 11.6 Å². The molecule has 1 aromatic carbocycles. The number of nitrogens with zero attached hydrogens (tertiary/aromatic N) is 1. The number of nitrogens with one attached hydrogen (secondary N) is 1. The fourth-order valence-corrected chi connectivity index (χ4v) is 2.57. The molecule has 0 saturated heterocycles. The van der Waals surface area contributed by atoms with Gasteiger partial charge in [0.05, 0.1) is 22.7 Å². The SMILES string of the molecule is CC(C)(CCNC(=O)c1cc(B(O)O)cc([N+](=O)[O-])c1)OCCC(C)(C)OCC(=O)O. The van der Waals surface area contributed by atoms with Crippen molar-refractivity contribution in [3.63, 3.8) is 0 Å². The summed E-state index contributed by atoms with van der Waals surface area (Å²) in [5, 5.41) is 40.9. The molecule has 1 amide bonds. The van der Waals surface area contributed by atoms with Gasteiger partial charge in [0.15, 0.2) is 0 Å². The lowest BCUT2D eigenvalue weighted by atomic mass is 9.79. The van der Waals surface area contributed by atoms with Crippen molar-refractivity contribution in [1.82, 2.24) is 5.32 Å². The van der Waals surface area contributed by atoms with Crippen molar-refractivity contribution in [3.8, 4) is 0 Å². The quantitative estimate of drug-likeness (QED) is 0.193. The van der Waals surface area contributed by atoms with Crippen LogP contribution >= 0.6 is 0 Å². The Kier molecular flexibility index (Phi) is 9.56. The molecule has 0 atom stereocenters. The molecule has 0 aromatic heterocycles. The zero-order chi connectivity index (χ0) is 23.8. The first-order chi connectivity index (χ1) is 14.2. The van der Waals surface area contributed by atoms with Crippen LogP contribution < -0.4 is 10.8 Å². The van der Waals surface area contributed by atoms with Crippen LogP contribution in [0.3, 0.4) is 0 Å². The van der Waals surface area contributed by atoms with Crippen LogP contribution in [0.15, 0.2) is 18.2 Å². The molecule has 0 aliphatic rings. The van der Waals surface area contributed by atoms with Crippen LogP contribution in [0.4, 0.5) is 5.69 Å². The van der Waals surface area contributed by atoms with E-state index in [1.54, 1.807) is 13.8 Å². The summed E-state index contributed by atoms with van der Waals surface area (Å²) < 4.78 is 11.1. The van der Waals surface area contributed by atoms with E-state index in [9.17, 15) is 29.8 Å². The van der Waals surface area contributed by atoms with Crippen LogP contribution in [-0.4, -0.2) is 70.0 Å². The molecule has 0 unspecified atom stereocenters. The second-order valence-corrected chi connectivity index (χ2v) is 8.25. The molecule has 0 heterocycles. The number of carbonyl (C=O) groups excluding carboxylic acids is 1. The number of aliphatic carboxylic acids is 1. The van der Waals surface area contributed by atoms with E-state index in [0.29, 0.717) is 19.4 Å². The first-order valence-corrected chi connectivity index (χ1v) is 9.66. The van der Waals surface area contributed by atoms with Crippen LogP contribution in [0.5, 0.6) is 0 Å². The maximum absolute atomic E-state index is 12.4. The Labute approximate surface area is 180 Å². The zero-order valence-corrected chi connectivity index (χ0v) is 18.1. The Morgan fingerprint density at radius 1 is 1.10 bits per heavy atom. The van der Waals surface area contributed by atoms with E-state index in [2.05, 4.69) is 5.32 Å². The normalized spacial score (nSPS) is 11.8. The van der Waals surface area contributed by atoms with Gasteiger partial charge in [0, 0.05) is 24.2 Å². The predicted molar refractivity (Wildman–Crippen MR) is 112 cm³/mol. The lowest BCUT2D eigenvalue weighted by Gasteiger charge is -2.29. The largest absolute Gasteiger partial charge is 0.488 e. The zero-order valence-electron chi connectivity index (χ0n) is 18.1. The highest BCUT2D eigenvalue weighted by atomic mass is 16.6. The lowest BCUT2D eigenvalue weighted by Crippen LogP contribution is -2.36. The van der Waals surface area contributed by atoms with Gasteiger partial charge >= 0.3 is 13.1 Å². The number of carboxylic acid groups (broad SMARTS) is 1. The molecule has 1 aromatic rings. The van der Waals surface area contributed by atoms with Gasteiger partial charge in [0.2, 0.25) is 0 Å². The Morgan fingerprint density at radius 2 is 1.71 bits per heavy atom. The number of amides is 1. The summed E-state index contributed by atoms with van der Waals surface area (Å²) in [5.41, 5.74) is -1.92. The van der Waals surface area contributed by atoms with Gasteiger partial charge < -0.3 is 29.9 Å². The summed E-state index contributed by atoms with van der Waals surface area (Å²) in [5.74, 6) is -1.64. The fraction of sp³-hybridized carbons (Fsp3) is 0.579. The average molecular weight is 440 g/mol. The summed E-state index contributed by atoms with van der Waals surface area (Å²) in [6, 6.07) is 3.22. The predicted octanol–water partition coefficient (Wildman–Crippen LogP) is 0.460. The number of nitro groups is 1. The maximum atomic E-state index is 12.4. The molecular formula is C19H29BN2O9. The number of ether oxygens (including phenoxy) is 2. The topological polar surface area (TPSA) is 168 Å². The molecule has 0 fully saturated rings. The summed E-state index contributed by atoms with van der Waals surface area (Å²) in [4.78, 5) is 33.2. The lowest BCUT2D eigenvalue weighted by molar-refractivity contribution is -0.384. The number of rotatable bonds is 13. The van der Waals surface area contributed by atoms with Crippen LogP contribution in [0.1, 0.15) is 50.9 Å². The van der Waals surface area contributed by atoms with E-state index in [-0.39, 0.29) is 17.6 Å². The Morgan fingerprint density at radius 3 is 2.26 bits per heavy atom.